The molecular weight excluding hydrogens is 224 g/mol. The summed E-state index contributed by atoms with van der Waals surface area (Å²) in [7, 11) is 1.45. The number of rotatable bonds is 5. The van der Waals surface area contributed by atoms with Crippen molar-refractivity contribution in [3.63, 3.8) is 0 Å². The predicted molar refractivity (Wildman–Crippen MR) is 61.4 cm³/mol. The lowest BCUT2D eigenvalue weighted by Crippen LogP contribution is -2.33. The summed E-state index contributed by atoms with van der Waals surface area (Å²) in [4.78, 5) is 21.3. The van der Waals surface area contributed by atoms with Crippen LogP contribution in [0, 0.1) is 10.1 Å². The van der Waals surface area contributed by atoms with Crippen LogP contribution in [0.4, 0.5) is 5.69 Å². The molecule has 0 saturated carbocycles. The van der Waals surface area contributed by atoms with Crippen LogP contribution in [0.2, 0.25) is 0 Å². The molecule has 0 aromatic heterocycles. The second kappa shape index (κ2) is 5.95. The van der Waals surface area contributed by atoms with Gasteiger partial charge in [-0.15, -0.1) is 0 Å². The molecule has 17 heavy (non-hydrogen) atoms. The fourth-order valence-electron chi connectivity index (χ4n) is 1.18. The van der Waals surface area contributed by atoms with Gasteiger partial charge in [0.2, 0.25) is 5.91 Å². The van der Waals surface area contributed by atoms with E-state index in [1.165, 1.54) is 19.2 Å². The highest BCUT2D eigenvalue weighted by Crippen LogP contribution is 2.11. The molecule has 6 heteroatoms. The summed E-state index contributed by atoms with van der Waals surface area (Å²) < 4.78 is 4.85. The highest BCUT2D eigenvalue weighted by molar-refractivity contribution is 5.80. The number of carbonyl (C=O) groups excluding carboxylic acids is 1. The van der Waals surface area contributed by atoms with Crippen molar-refractivity contribution in [2.75, 3.05) is 7.11 Å². The van der Waals surface area contributed by atoms with Crippen molar-refractivity contribution in [2.45, 2.75) is 19.6 Å². The standard InChI is InChI=1S/C11H14N2O4/c1-8(17-2)11(14)12-7-9-3-5-10(6-4-9)13(15)16/h3-6,8H,7H2,1-2H3,(H,12,14). The van der Waals surface area contributed by atoms with Gasteiger partial charge in [0.15, 0.2) is 0 Å². The smallest absolute Gasteiger partial charge is 0.269 e. The van der Waals surface area contributed by atoms with Gasteiger partial charge in [0.05, 0.1) is 4.92 Å². The topological polar surface area (TPSA) is 81.5 Å². The van der Waals surface area contributed by atoms with Crippen LogP contribution in [-0.2, 0) is 16.1 Å². The van der Waals surface area contributed by atoms with Crippen molar-refractivity contribution in [2.24, 2.45) is 0 Å². The van der Waals surface area contributed by atoms with E-state index < -0.39 is 11.0 Å². The summed E-state index contributed by atoms with van der Waals surface area (Å²) in [5, 5.41) is 13.1. The van der Waals surface area contributed by atoms with Crippen LogP contribution in [0.1, 0.15) is 12.5 Å². The second-order valence-corrected chi connectivity index (χ2v) is 3.52. The summed E-state index contributed by atoms with van der Waals surface area (Å²) in [6.07, 6.45) is -0.506. The molecular formula is C11H14N2O4. The number of nitrogens with one attached hydrogen (secondary N) is 1. The molecule has 1 aromatic rings. The van der Waals surface area contributed by atoms with E-state index in [0.29, 0.717) is 6.54 Å². The molecule has 0 spiro atoms. The van der Waals surface area contributed by atoms with E-state index in [9.17, 15) is 14.9 Å². The first-order valence-electron chi connectivity index (χ1n) is 5.08. The molecule has 1 rings (SSSR count). The number of hydrogen-bond donors (Lipinski definition) is 1. The Hall–Kier alpha value is -1.95. The Bertz CT molecular complexity index is 402. The summed E-state index contributed by atoms with van der Waals surface area (Å²) in [6.45, 7) is 1.97. The largest absolute Gasteiger partial charge is 0.372 e. The Balaban J connectivity index is 2.53. The van der Waals surface area contributed by atoms with E-state index >= 15 is 0 Å². The van der Waals surface area contributed by atoms with Crippen molar-refractivity contribution in [3.05, 3.63) is 39.9 Å². The lowest BCUT2D eigenvalue weighted by atomic mass is 10.2. The summed E-state index contributed by atoms with van der Waals surface area (Å²) in [5.41, 5.74) is 0.831. The average molecular weight is 238 g/mol. The summed E-state index contributed by atoms with van der Waals surface area (Å²) >= 11 is 0. The molecule has 92 valence electrons. The molecule has 1 N–H and O–H groups in total. The zero-order chi connectivity index (χ0) is 12.8. The third-order valence-electron chi connectivity index (χ3n) is 2.34. The average Bonchev–Trinajstić information content (AvgIpc) is 2.35. The van der Waals surface area contributed by atoms with Crippen LogP contribution in [-0.4, -0.2) is 24.0 Å². The predicted octanol–water partition coefficient (Wildman–Crippen LogP) is 1.25. The fraction of sp³-hybridized carbons (Fsp3) is 0.364. The van der Waals surface area contributed by atoms with Crippen LogP contribution in [0.3, 0.4) is 0 Å². The third-order valence-corrected chi connectivity index (χ3v) is 2.34. The monoisotopic (exact) mass is 238 g/mol. The Morgan fingerprint density at radius 3 is 2.53 bits per heavy atom. The zero-order valence-electron chi connectivity index (χ0n) is 9.67. The first-order chi connectivity index (χ1) is 8.04. The van der Waals surface area contributed by atoms with Gasteiger partial charge >= 0.3 is 0 Å². The maximum atomic E-state index is 11.4. The Kier molecular flexibility index (Phi) is 4.59. The van der Waals surface area contributed by atoms with Gasteiger partial charge in [-0.2, -0.15) is 0 Å². The van der Waals surface area contributed by atoms with E-state index in [1.807, 2.05) is 0 Å². The van der Waals surface area contributed by atoms with Crippen LogP contribution in [0.25, 0.3) is 0 Å². The van der Waals surface area contributed by atoms with Gasteiger partial charge in [-0.25, -0.2) is 0 Å². The molecule has 0 aliphatic rings. The first-order valence-corrected chi connectivity index (χ1v) is 5.08. The number of ether oxygens (including phenoxy) is 1. The van der Waals surface area contributed by atoms with Gasteiger partial charge in [-0.1, -0.05) is 12.1 Å². The normalized spacial score (nSPS) is 11.9. The molecule has 0 heterocycles. The molecule has 1 aromatic carbocycles. The number of non-ortho nitro benzene ring substituents is 1. The fourth-order valence-corrected chi connectivity index (χ4v) is 1.18. The summed E-state index contributed by atoms with van der Waals surface area (Å²) in [5.74, 6) is -0.217. The van der Waals surface area contributed by atoms with Gasteiger partial charge in [0.1, 0.15) is 6.10 Å². The molecule has 0 aliphatic carbocycles. The van der Waals surface area contributed by atoms with Gasteiger partial charge in [0, 0.05) is 25.8 Å². The van der Waals surface area contributed by atoms with Gasteiger partial charge < -0.3 is 10.1 Å². The molecule has 1 unspecified atom stereocenters. The minimum atomic E-state index is -0.506. The third kappa shape index (κ3) is 3.84. The van der Waals surface area contributed by atoms with E-state index in [0.717, 1.165) is 5.56 Å². The maximum absolute atomic E-state index is 11.4. The van der Waals surface area contributed by atoms with Crippen molar-refractivity contribution < 1.29 is 14.5 Å². The number of nitrogens with zero attached hydrogens (tertiary/aromatic N) is 1. The molecule has 0 fully saturated rings. The SMILES string of the molecule is COC(C)C(=O)NCc1ccc([N+](=O)[O-])cc1. The molecule has 0 radical (unpaired) electrons. The lowest BCUT2D eigenvalue weighted by Gasteiger charge is -2.10. The number of hydrogen-bond acceptors (Lipinski definition) is 4. The number of nitro benzene ring substituents is 1. The van der Waals surface area contributed by atoms with Crippen LogP contribution >= 0.6 is 0 Å². The van der Waals surface area contributed by atoms with Crippen molar-refractivity contribution >= 4 is 11.6 Å². The first kappa shape index (κ1) is 13.1. The number of benzene rings is 1. The quantitative estimate of drug-likeness (QED) is 0.618. The highest BCUT2D eigenvalue weighted by Gasteiger charge is 2.10. The lowest BCUT2D eigenvalue weighted by molar-refractivity contribution is -0.384. The number of nitro groups is 1. The molecule has 0 aliphatic heterocycles. The van der Waals surface area contributed by atoms with E-state index in [2.05, 4.69) is 5.32 Å². The van der Waals surface area contributed by atoms with Gasteiger partial charge in [0.25, 0.3) is 5.69 Å². The minimum Gasteiger partial charge on any atom is -0.372 e. The van der Waals surface area contributed by atoms with Crippen LogP contribution in [0.5, 0.6) is 0 Å². The van der Waals surface area contributed by atoms with Crippen LogP contribution in [0.15, 0.2) is 24.3 Å². The van der Waals surface area contributed by atoms with Crippen molar-refractivity contribution in [1.82, 2.24) is 5.32 Å². The molecule has 1 amide bonds. The Morgan fingerprint density at radius 2 is 2.06 bits per heavy atom. The van der Waals surface area contributed by atoms with Gasteiger partial charge in [-0.3, -0.25) is 14.9 Å². The Morgan fingerprint density at radius 1 is 1.47 bits per heavy atom. The van der Waals surface area contributed by atoms with E-state index in [1.54, 1.807) is 19.1 Å². The Labute approximate surface area is 98.7 Å². The molecule has 0 saturated heterocycles. The highest BCUT2D eigenvalue weighted by atomic mass is 16.6. The maximum Gasteiger partial charge on any atom is 0.269 e. The van der Waals surface area contributed by atoms with Crippen molar-refractivity contribution in [1.29, 1.82) is 0 Å². The number of amides is 1. The molecule has 0 bridgehead atoms. The number of carbonyl (C=O) groups is 1. The molecule has 1 atom stereocenters. The van der Waals surface area contributed by atoms with E-state index in [-0.39, 0.29) is 11.6 Å². The van der Waals surface area contributed by atoms with Crippen LogP contribution < -0.4 is 5.32 Å². The minimum absolute atomic E-state index is 0.0327. The van der Waals surface area contributed by atoms with Gasteiger partial charge in [-0.05, 0) is 12.5 Å². The zero-order valence-corrected chi connectivity index (χ0v) is 9.67. The van der Waals surface area contributed by atoms with Crippen molar-refractivity contribution in [3.8, 4) is 0 Å². The van der Waals surface area contributed by atoms with E-state index in [4.69, 9.17) is 4.74 Å². The molecule has 6 nitrogen and oxygen atoms in total. The second-order valence-electron chi connectivity index (χ2n) is 3.52. The number of methoxy groups -OCH3 is 1. The summed E-state index contributed by atoms with van der Waals surface area (Å²) in [6, 6.07) is 6.02.